The quantitative estimate of drug-likeness (QED) is 0.872. The van der Waals surface area contributed by atoms with Gasteiger partial charge in [0.1, 0.15) is 0 Å². The van der Waals surface area contributed by atoms with E-state index in [1.54, 1.807) is 0 Å². The summed E-state index contributed by atoms with van der Waals surface area (Å²) in [5.74, 6) is 0. The SMILES string of the molecule is Brc1ccc(CN2CCC3(CCNC3)C2)c(N2CCOCC2)c1. The lowest BCUT2D eigenvalue weighted by Crippen LogP contribution is -2.37. The summed E-state index contributed by atoms with van der Waals surface area (Å²) >= 11 is 3.64. The molecule has 3 heterocycles. The van der Waals surface area contributed by atoms with Crippen molar-refractivity contribution in [2.75, 3.05) is 57.4 Å². The minimum atomic E-state index is 0.550. The van der Waals surface area contributed by atoms with Crippen LogP contribution in [0.3, 0.4) is 0 Å². The Morgan fingerprint density at radius 1 is 1.17 bits per heavy atom. The molecular formula is C18H26BrN3O. The zero-order valence-corrected chi connectivity index (χ0v) is 15.3. The highest BCUT2D eigenvalue weighted by molar-refractivity contribution is 9.10. The zero-order valence-electron chi connectivity index (χ0n) is 13.7. The third-order valence-corrected chi connectivity index (χ3v) is 6.14. The Hall–Kier alpha value is -0.620. The predicted molar refractivity (Wildman–Crippen MR) is 97.0 cm³/mol. The number of nitrogens with zero attached hydrogens (tertiary/aromatic N) is 2. The van der Waals surface area contributed by atoms with Crippen molar-refractivity contribution in [1.82, 2.24) is 10.2 Å². The van der Waals surface area contributed by atoms with Crippen LogP contribution >= 0.6 is 15.9 Å². The first-order valence-corrected chi connectivity index (χ1v) is 9.58. The predicted octanol–water partition coefficient (Wildman–Crippen LogP) is 2.47. The van der Waals surface area contributed by atoms with E-state index in [0.29, 0.717) is 5.41 Å². The molecule has 23 heavy (non-hydrogen) atoms. The van der Waals surface area contributed by atoms with Gasteiger partial charge in [-0.3, -0.25) is 4.90 Å². The average molecular weight is 380 g/mol. The van der Waals surface area contributed by atoms with Crippen LogP contribution in [0.2, 0.25) is 0 Å². The standard InChI is InChI=1S/C18H26BrN3O/c19-16-2-1-15(17(11-16)22-7-9-23-10-8-22)12-21-6-4-18(14-21)3-5-20-13-18/h1-2,11,20H,3-10,12-14H2. The van der Waals surface area contributed by atoms with Crippen molar-refractivity contribution < 1.29 is 4.74 Å². The molecule has 0 amide bonds. The summed E-state index contributed by atoms with van der Waals surface area (Å²) in [6.07, 6.45) is 2.70. The molecule has 0 radical (unpaired) electrons. The second-order valence-electron chi connectivity index (χ2n) is 7.26. The van der Waals surface area contributed by atoms with E-state index in [1.807, 2.05) is 0 Å². The lowest BCUT2D eigenvalue weighted by Gasteiger charge is -2.32. The zero-order chi connectivity index (χ0) is 15.7. The third kappa shape index (κ3) is 3.43. The molecule has 3 fully saturated rings. The molecule has 4 nitrogen and oxygen atoms in total. The van der Waals surface area contributed by atoms with Gasteiger partial charge in [0, 0.05) is 42.9 Å². The van der Waals surface area contributed by atoms with Gasteiger partial charge in [0.2, 0.25) is 0 Å². The minimum absolute atomic E-state index is 0.550. The maximum Gasteiger partial charge on any atom is 0.0642 e. The number of hydrogen-bond acceptors (Lipinski definition) is 4. The maximum absolute atomic E-state index is 5.52. The first-order valence-electron chi connectivity index (χ1n) is 8.78. The van der Waals surface area contributed by atoms with Crippen LogP contribution < -0.4 is 10.2 Å². The van der Waals surface area contributed by atoms with Crippen LogP contribution in [0.25, 0.3) is 0 Å². The first-order chi connectivity index (χ1) is 11.2. The van der Waals surface area contributed by atoms with Gasteiger partial charge in [-0.05, 0) is 49.0 Å². The topological polar surface area (TPSA) is 27.7 Å². The number of hydrogen-bond donors (Lipinski definition) is 1. The fraction of sp³-hybridized carbons (Fsp3) is 0.667. The molecule has 1 aromatic rings. The number of nitrogens with one attached hydrogen (secondary N) is 1. The monoisotopic (exact) mass is 379 g/mol. The van der Waals surface area contributed by atoms with Crippen molar-refractivity contribution in [2.24, 2.45) is 5.41 Å². The highest BCUT2D eigenvalue weighted by Crippen LogP contribution is 2.37. The Bertz CT molecular complexity index is 553. The van der Waals surface area contributed by atoms with Gasteiger partial charge >= 0.3 is 0 Å². The molecule has 1 N–H and O–H groups in total. The van der Waals surface area contributed by atoms with Crippen LogP contribution in [-0.2, 0) is 11.3 Å². The number of morpholine rings is 1. The van der Waals surface area contributed by atoms with Crippen LogP contribution in [0.1, 0.15) is 18.4 Å². The summed E-state index contributed by atoms with van der Waals surface area (Å²) in [5.41, 5.74) is 3.39. The Morgan fingerprint density at radius 3 is 2.83 bits per heavy atom. The molecule has 4 rings (SSSR count). The van der Waals surface area contributed by atoms with E-state index in [9.17, 15) is 0 Å². The van der Waals surface area contributed by atoms with E-state index in [-0.39, 0.29) is 0 Å². The van der Waals surface area contributed by atoms with Crippen molar-refractivity contribution >= 4 is 21.6 Å². The molecule has 5 heteroatoms. The summed E-state index contributed by atoms with van der Waals surface area (Å²) in [6.45, 7) is 9.63. The van der Waals surface area contributed by atoms with Gasteiger partial charge in [0.15, 0.2) is 0 Å². The summed E-state index contributed by atoms with van der Waals surface area (Å²) in [6, 6.07) is 6.76. The molecule has 3 aliphatic rings. The van der Waals surface area contributed by atoms with E-state index < -0.39 is 0 Å². The fourth-order valence-electron chi connectivity index (χ4n) is 4.32. The third-order valence-electron chi connectivity index (χ3n) is 5.64. The van der Waals surface area contributed by atoms with Gasteiger partial charge in [0.25, 0.3) is 0 Å². The summed E-state index contributed by atoms with van der Waals surface area (Å²) in [4.78, 5) is 5.13. The van der Waals surface area contributed by atoms with Gasteiger partial charge in [0.05, 0.1) is 13.2 Å². The number of halogens is 1. The Labute approximate surface area is 147 Å². The van der Waals surface area contributed by atoms with Crippen molar-refractivity contribution in [3.05, 3.63) is 28.2 Å². The van der Waals surface area contributed by atoms with Crippen molar-refractivity contribution in [2.45, 2.75) is 19.4 Å². The van der Waals surface area contributed by atoms with Crippen LogP contribution in [-0.4, -0.2) is 57.4 Å². The summed E-state index contributed by atoms with van der Waals surface area (Å²) < 4.78 is 6.68. The minimum Gasteiger partial charge on any atom is -0.378 e. The van der Waals surface area contributed by atoms with E-state index in [2.05, 4.69) is 49.2 Å². The van der Waals surface area contributed by atoms with Crippen LogP contribution in [0.15, 0.2) is 22.7 Å². The van der Waals surface area contributed by atoms with Gasteiger partial charge in [-0.1, -0.05) is 22.0 Å². The highest BCUT2D eigenvalue weighted by Gasteiger charge is 2.40. The molecule has 0 aliphatic carbocycles. The number of rotatable bonds is 3. The summed E-state index contributed by atoms with van der Waals surface area (Å²) in [7, 11) is 0. The highest BCUT2D eigenvalue weighted by atomic mass is 79.9. The summed E-state index contributed by atoms with van der Waals surface area (Å²) in [5, 5.41) is 3.55. The van der Waals surface area contributed by atoms with Gasteiger partial charge in [-0.2, -0.15) is 0 Å². The number of likely N-dealkylation sites (tertiary alicyclic amines) is 1. The Balaban J connectivity index is 1.50. The van der Waals surface area contributed by atoms with Gasteiger partial charge in [-0.25, -0.2) is 0 Å². The molecule has 1 aromatic carbocycles. The van der Waals surface area contributed by atoms with Gasteiger partial charge in [-0.15, -0.1) is 0 Å². The molecule has 1 unspecified atom stereocenters. The molecule has 126 valence electrons. The lowest BCUT2D eigenvalue weighted by molar-refractivity contribution is 0.122. The van der Waals surface area contributed by atoms with E-state index in [4.69, 9.17) is 4.74 Å². The van der Waals surface area contributed by atoms with Crippen molar-refractivity contribution in [3.63, 3.8) is 0 Å². The average Bonchev–Trinajstić information content (AvgIpc) is 3.20. The smallest absolute Gasteiger partial charge is 0.0642 e. The number of ether oxygens (including phenoxy) is 1. The second-order valence-corrected chi connectivity index (χ2v) is 8.18. The molecule has 1 spiro atoms. The first kappa shape index (κ1) is 15.9. The fourth-order valence-corrected chi connectivity index (χ4v) is 4.67. The number of benzene rings is 1. The molecule has 1 atom stereocenters. The molecule has 0 bridgehead atoms. The maximum atomic E-state index is 5.52. The Morgan fingerprint density at radius 2 is 2.04 bits per heavy atom. The van der Waals surface area contributed by atoms with E-state index >= 15 is 0 Å². The van der Waals surface area contributed by atoms with Crippen LogP contribution in [0.5, 0.6) is 0 Å². The molecule has 3 aliphatic heterocycles. The number of anilines is 1. The van der Waals surface area contributed by atoms with Gasteiger partial charge < -0.3 is 15.0 Å². The molecule has 0 saturated carbocycles. The molecular weight excluding hydrogens is 354 g/mol. The van der Waals surface area contributed by atoms with Crippen molar-refractivity contribution in [1.29, 1.82) is 0 Å². The normalized spacial score (nSPS) is 28.8. The van der Waals surface area contributed by atoms with E-state index in [1.165, 1.54) is 54.7 Å². The lowest BCUT2D eigenvalue weighted by atomic mass is 9.86. The second kappa shape index (κ2) is 6.71. The van der Waals surface area contributed by atoms with Crippen LogP contribution in [0.4, 0.5) is 5.69 Å². The largest absolute Gasteiger partial charge is 0.378 e. The van der Waals surface area contributed by atoms with Crippen molar-refractivity contribution in [3.8, 4) is 0 Å². The van der Waals surface area contributed by atoms with E-state index in [0.717, 1.165) is 32.8 Å². The Kier molecular flexibility index (Phi) is 4.63. The molecule has 3 saturated heterocycles. The molecule has 0 aromatic heterocycles. The van der Waals surface area contributed by atoms with Crippen LogP contribution in [0, 0.1) is 5.41 Å².